The molecule has 0 saturated carbocycles. The van der Waals surface area contributed by atoms with Gasteiger partial charge in [0.15, 0.2) is 6.10 Å². The molecule has 58 heavy (non-hydrogen) atoms. The number of esters is 2. The summed E-state index contributed by atoms with van der Waals surface area (Å²) in [5, 5.41) is 0. The normalized spacial score (nSPS) is 12.4. The van der Waals surface area contributed by atoms with E-state index >= 15 is 0 Å². The van der Waals surface area contributed by atoms with Crippen LogP contribution < -0.4 is 0 Å². The standard InChI is InChI=1S/C53H98O5/c1-4-7-10-13-16-19-22-25-27-29-31-34-37-40-43-46-52(54)57-50-51(49-56-48-45-42-39-36-33-30-26-23-20-17-14-11-8-5-2)58-53(55)47-44-41-38-35-32-28-24-21-18-15-12-9-6-3/h12,15,21,24-25,27,51H,4-11,13-14,16-20,22-23,26,28-50H2,1-3H3/b15-12-,24-21-,27-25-. The van der Waals surface area contributed by atoms with E-state index in [9.17, 15) is 9.59 Å². The predicted molar refractivity (Wildman–Crippen MR) is 252 cm³/mol. The van der Waals surface area contributed by atoms with Crippen molar-refractivity contribution in [3.05, 3.63) is 36.5 Å². The minimum Gasteiger partial charge on any atom is -0.462 e. The monoisotopic (exact) mass is 815 g/mol. The van der Waals surface area contributed by atoms with Crippen molar-refractivity contribution in [1.82, 2.24) is 0 Å². The summed E-state index contributed by atoms with van der Waals surface area (Å²) in [7, 11) is 0. The lowest BCUT2D eigenvalue weighted by Gasteiger charge is -2.18. The van der Waals surface area contributed by atoms with Gasteiger partial charge in [0, 0.05) is 19.4 Å². The molecular weight excluding hydrogens is 717 g/mol. The zero-order valence-corrected chi connectivity index (χ0v) is 39.1. The molecule has 340 valence electrons. The summed E-state index contributed by atoms with van der Waals surface area (Å²) in [6, 6.07) is 0. The second kappa shape index (κ2) is 49.5. The van der Waals surface area contributed by atoms with Crippen molar-refractivity contribution in [2.45, 2.75) is 271 Å². The van der Waals surface area contributed by atoms with Gasteiger partial charge in [0.25, 0.3) is 0 Å². The minimum atomic E-state index is -0.541. The number of unbranched alkanes of at least 4 members (excludes halogenated alkanes) is 30. The van der Waals surface area contributed by atoms with Gasteiger partial charge in [0.2, 0.25) is 0 Å². The lowest BCUT2D eigenvalue weighted by Crippen LogP contribution is -2.30. The Morgan fingerprint density at radius 2 is 0.759 bits per heavy atom. The lowest BCUT2D eigenvalue weighted by atomic mass is 10.0. The average Bonchev–Trinajstić information content (AvgIpc) is 3.22. The van der Waals surface area contributed by atoms with Gasteiger partial charge in [-0.2, -0.15) is 0 Å². The van der Waals surface area contributed by atoms with Crippen LogP contribution in [0.4, 0.5) is 0 Å². The molecule has 5 heteroatoms. The maximum Gasteiger partial charge on any atom is 0.306 e. The Bertz CT molecular complexity index is 924. The van der Waals surface area contributed by atoms with Gasteiger partial charge in [-0.05, 0) is 70.6 Å². The molecule has 5 nitrogen and oxygen atoms in total. The molecule has 0 spiro atoms. The number of ether oxygens (including phenoxy) is 3. The van der Waals surface area contributed by atoms with Crippen molar-refractivity contribution in [2.75, 3.05) is 19.8 Å². The van der Waals surface area contributed by atoms with Gasteiger partial charge in [-0.1, -0.05) is 218 Å². The van der Waals surface area contributed by atoms with Crippen molar-refractivity contribution in [3.8, 4) is 0 Å². The van der Waals surface area contributed by atoms with Gasteiger partial charge in [-0.15, -0.1) is 0 Å². The van der Waals surface area contributed by atoms with E-state index < -0.39 is 6.10 Å². The molecule has 0 fully saturated rings. The van der Waals surface area contributed by atoms with E-state index in [2.05, 4.69) is 57.2 Å². The first-order chi connectivity index (χ1) is 28.6. The van der Waals surface area contributed by atoms with E-state index in [4.69, 9.17) is 14.2 Å². The Kier molecular flexibility index (Phi) is 47.9. The van der Waals surface area contributed by atoms with E-state index in [0.717, 1.165) is 64.2 Å². The molecule has 0 aromatic rings. The number of rotatable bonds is 47. The van der Waals surface area contributed by atoms with E-state index in [1.807, 2.05) is 0 Å². The summed E-state index contributed by atoms with van der Waals surface area (Å²) in [5.74, 6) is -0.411. The number of hydrogen-bond donors (Lipinski definition) is 0. The molecule has 0 aromatic heterocycles. The van der Waals surface area contributed by atoms with Crippen LogP contribution in [0.25, 0.3) is 0 Å². The maximum atomic E-state index is 12.8. The fraction of sp³-hybridized carbons (Fsp3) is 0.849. The van der Waals surface area contributed by atoms with Gasteiger partial charge >= 0.3 is 11.9 Å². The number of allylic oxidation sites excluding steroid dienone is 6. The first-order valence-corrected chi connectivity index (χ1v) is 25.5. The molecule has 0 rings (SSSR count). The first kappa shape index (κ1) is 56.1. The van der Waals surface area contributed by atoms with E-state index in [-0.39, 0.29) is 25.2 Å². The molecule has 0 aliphatic heterocycles. The highest BCUT2D eigenvalue weighted by molar-refractivity contribution is 5.70. The van der Waals surface area contributed by atoms with Crippen LogP contribution in [0.1, 0.15) is 265 Å². The van der Waals surface area contributed by atoms with Crippen LogP contribution in [0.15, 0.2) is 36.5 Å². The van der Waals surface area contributed by atoms with Gasteiger partial charge in [-0.3, -0.25) is 9.59 Å². The molecule has 0 radical (unpaired) electrons. The second-order valence-corrected chi connectivity index (χ2v) is 17.1. The zero-order valence-electron chi connectivity index (χ0n) is 39.1. The average molecular weight is 815 g/mol. The fourth-order valence-corrected chi connectivity index (χ4v) is 7.31. The van der Waals surface area contributed by atoms with Crippen molar-refractivity contribution in [2.24, 2.45) is 0 Å². The van der Waals surface area contributed by atoms with E-state index in [1.54, 1.807) is 0 Å². The summed E-state index contributed by atoms with van der Waals surface area (Å²) in [6.45, 7) is 7.77. The topological polar surface area (TPSA) is 61.8 Å². The Balaban J connectivity index is 4.26. The number of carbonyl (C=O) groups is 2. The fourth-order valence-electron chi connectivity index (χ4n) is 7.31. The molecular formula is C53H98O5. The van der Waals surface area contributed by atoms with E-state index in [0.29, 0.717) is 19.4 Å². The molecule has 0 aliphatic rings. The molecule has 0 amide bonds. The van der Waals surface area contributed by atoms with Crippen LogP contribution in [-0.4, -0.2) is 37.9 Å². The first-order valence-electron chi connectivity index (χ1n) is 25.5. The van der Waals surface area contributed by atoms with E-state index in [1.165, 1.54) is 167 Å². The molecule has 0 N–H and O–H groups in total. The molecule has 0 aromatic carbocycles. The second-order valence-electron chi connectivity index (χ2n) is 17.1. The van der Waals surface area contributed by atoms with Crippen molar-refractivity contribution in [1.29, 1.82) is 0 Å². The molecule has 0 saturated heterocycles. The third kappa shape index (κ3) is 46.8. The van der Waals surface area contributed by atoms with Crippen LogP contribution >= 0.6 is 0 Å². The smallest absolute Gasteiger partial charge is 0.306 e. The summed E-state index contributed by atoms with van der Waals surface area (Å²) in [6.07, 6.45) is 58.6. The quantitative estimate of drug-likeness (QED) is 0.0348. The lowest BCUT2D eigenvalue weighted by molar-refractivity contribution is -0.163. The summed E-state index contributed by atoms with van der Waals surface area (Å²) < 4.78 is 17.4. The highest BCUT2D eigenvalue weighted by Crippen LogP contribution is 2.15. The van der Waals surface area contributed by atoms with Crippen LogP contribution in [-0.2, 0) is 23.8 Å². The molecule has 0 heterocycles. The molecule has 1 unspecified atom stereocenters. The van der Waals surface area contributed by atoms with Gasteiger partial charge in [0.1, 0.15) is 6.61 Å². The Morgan fingerprint density at radius 1 is 0.379 bits per heavy atom. The predicted octanol–water partition coefficient (Wildman–Crippen LogP) is 17.0. The van der Waals surface area contributed by atoms with Gasteiger partial charge in [-0.25, -0.2) is 0 Å². The SMILES string of the molecule is CCC/C=C\C/C=C\CCCCCCCC(=O)OC(COCCCCCCCCCCCCCCCC)COC(=O)CCCCCCC/C=C\CCCCCCCC. The molecule has 1 atom stereocenters. The van der Waals surface area contributed by atoms with Gasteiger partial charge in [0.05, 0.1) is 6.61 Å². The minimum absolute atomic E-state index is 0.0797. The number of hydrogen-bond acceptors (Lipinski definition) is 5. The zero-order chi connectivity index (χ0) is 42.1. The summed E-state index contributed by atoms with van der Waals surface area (Å²) in [5.41, 5.74) is 0. The van der Waals surface area contributed by atoms with Crippen LogP contribution in [0, 0.1) is 0 Å². The molecule has 0 bridgehead atoms. The largest absolute Gasteiger partial charge is 0.462 e. The summed E-state index contributed by atoms with van der Waals surface area (Å²) in [4.78, 5) is 25.3. The Labute approximate surface area is 361 Å². The van der Waals surface area contributed by atoms with Crippen molar-refractivity contribution >= 4 is 11.9 Å². The van der Waals surface area contributed by atoms with Crippen LogP contribution in [0.5, 0.6) is 0 Å². The van der Waals surface area contributed by atoms with Crippen LogP contribution in [0.2, 0.25) is 0 Å². The molecule has 0 aliphatic carbocycles. The maximum absolute atomic E-state index is 12.8. The van der Waals surface area contributed by atoms with Crippen molar-refractivity contribution in [3.63, 3.8) is 0 Å². The summed E-state index contributed by atoms with van der Waals surface area (Å²) >= 11 is 0. The van der Waals surface area contributed by atoms with Crippen molar-refractivity contribution < 1.29 is 23.8 Å². The van der Waals surface area contributed by atoms with Gasteiger partial charge < -0.3 is 14.2 Å². The third-order valence-electron chi connectivity index (χ3n) is 11.1. The highest BCUT2D eigenvalue weighted by Gasteiger charge is 2.17. The number of carbonyl (C=O) groups excluding carboxylic acids is 2. The third-order valence-corrected chi connectivity index (χ3v) is 11.1. The Morgan fingerprint density at radius 3 is 1.22 bits per heavy atom. The Hall–Kier alpha value is -1.88. The highest BCUT2D eigenvalue weighted by atomic mass is 16.6. The van der Waals surface area contributed by atoms with Crippen LogP contribution in [0.3, 0.4) is 0 Å².